The van der Waals surface area contributed by atoms with Crippen LogP contribution in [0.3, 0.4) is 0 Å². The summed E-state index contributed by atoms with van der Waals surface area (Å²) in [5.41, 5.74) is 0.334. The SMILES string of the molecule is CNCCCC(=O)NC(C)(C)c1ccc([N+](=O)[O-])cc1.Cl. The summed E-state index contributed by atoms with van der Waals surface area (Å²) >= 11 is 0. The van der Waals surface area contributed by atoms with E-state index in [1.807, 2.05) is 20.9 Å². The van der Waals surface area contributed by atoms with Gasteiger partial charge < -0.3 is 10.6 Å². The third kappa shape index (κ3) is 6.10. The van der Waals surface area contributed by atoms with Crippen LogP contribution in [0.4, 0.5) is 5.69 Å². The molecule has 0 saturated heterocycles. The molecular formula is C14H22ClN3O3. The first-order valence-corrected chi connectivity index (χ1v) is 6.57. The van der Waals surface area contributed by atoms with Gasteiger partial charge in [0.15, 0.2) is 0 Å². The molecule has 0 aromatic heterocycles. The fourth-order valence-corrected chi connectivity index (χ4v) is 1.91. The molecule has 118 valence electrons. The number of amides is 1. The number of nitrogens with zero attached hydrogens (tertiary/aromatic N) is 1. The van der Waals surface area contributed by atoms with Crippen LogP contribution in [-0.4, -0.2) is 24.4 Å². The summed E-state index contributed by atoms with van der Waals surface area (Å²) in [5, 5.41) is 16.6. The topological polar surface area (TPSA) is 84.3 Å². The first-order chi connectivity index (χ1) is 9.36. The highest BCUT2D eigenvalue weighted by Crippen LogP contribution is 2.22. The van der Waals surface area contributed by atoms with E-state index < -0.39 is 10.5 Å². The van der Waals surface area contributed by atoms with Gasteiger partial charge in [-0.1, -0.05) is 0 Å². The molecule has 0 radical (unpaired) electrons. The Labute approximate surface area is 130 Å². The minimum atomic E-state index is -0.550. The quantitative estimate of drug-likeness (QED) is 0.459. The van der Waals surface area contributed by atoms with Crippen LogP contribution < -0.4 is 10.6 Å². The van der Waals surface area contributed by atoms with Crippen molar-refractivity contribution in [2.75, 3.05) is 13.6 Å². The minimum Gasteiger partial charge on any atom is -0.347 e. The van der Waals surface area contributed by atoms with Crippen molar-refractivity contribution in [1.29, 1.82) is 0 Å². The molecule has 6 nitrogen and oxygen atoms in total. The molecule has 1 amide bonds. The van der Waals surface area contributed by atoms with Gasteiger partial charge in [0.25, 0.3) is 5.69 Å². The lowest BCUT2D eigenvalue weighted by molar-refractivity contribution is -0.384. The van der Waals surface area contributed by atoms with Crippen LogP contribution in [0.25, 0.3) is 0 Å². The van der Waals surface area contributed by atoms with E-state index in [1.54, 1.807) is 12.1 Å². The Hall–Kier alpha value is -1.66. The molecule has 0 aliphatic rings. The summed E-state index contributed by atoms with van der Waals surface area (Å²) < 4.78 is 0. The highest BCUT2D eigenvalue weighted by molar-refractivity contribution is 5.85. The van der Waals surface area contributed by atoms with Crippen LogP contribution in [0.15, 0.2) is 24.3 Å². The van der Waals surface area contributed by atoms with Gasteiger partial charge in [0.1, 0.15) is 0 Å². The van der Waals surface area contributed by atoms with E-state index in [4.69, 9.17) is 0 Å². The van der Waals surface area contributed by atoms with Crippen LogP contribution in [0, 0.1) is 10.1 Å². The third-order valence-electron chi connectivity index (χ3n) is 3.08. The fourth-order valence-electron chi connectivity index (χ4n) is 1.91. The minimum absolute atomic E-state index is 0. The zero-order chi connectivity index (χ0) is 15.2. The van der Waals surface area contributed by atoms with Crippen LogP contribution >= 0.6 is 12.4 Å². The molecule has 2 N–H and O–H groups in total. The largest absolute Gasteiger partial charge is 0.347 e. The Balaban J connectivity index is 0.00000400. The number of carbonyl (C=O) groups excluding carboxylic acids is 1. The van der Waals surface area contributed by atoms with Gasteiger partial charge in [-0.05, 0) is 51.6 Å². The van der Waals surface area contributed by atoms with Gasteiger partial charge >= 0.3 is 0 Å². The molecule has 0 heterocycles. The summed E-state index contributed by atoms with van der Waals surface area (Å²) in [6.07, 6.45) is 1.23. The number of nitro benzene ring substituents is 1. The first kappa shape index (κ1) is 19.3. The molecule has 0 spiro atoms. The van der Waals surface area contributed by atoms with Crippen LogP contribution in [0.1, 0.15) is 32.3 Å². The summed E-state index contributed by atoms with van der Waals surface area (Å²) in [7, 11) is 1.85. The second kappa shape index (κ2) is 8.59. The summed E-state index contributed by atoms with van der Waals surface area (Å²) in [6.45, 7) is 4.56. The maximum Gasteiger partial charge on any atom is 0.269 e. The zero-order valence-corrected chi connectivity index (χ0v) is 13.3. The van der Waals surface area contributed by atoms with E-state index in [2.05, 4.69) is 10.6 Å². The van der Waals surface area contributed by atoms with Crippen molar-refractivity contribution < 1.29 is 9.72 Å². The number of nitro groups is 1. The third-order valence-corrected chi connectivity index (χ3v) is 3.08. The van der Waals surface area contributed by atoms with E-state index in [1.165, 1.54) is 12.1 Å². The lowest BCUT2D eigenvalue weighted by atomic mass is 9.94. The molecule has 7 heteroatoms. The van der Waals surface area contributed by atoms with Crippen LogP contribution in [0.2, 0.25) is 0 Å². The number of halogens is 1. The number of benzene rings is 1. The zero-order valence-electron chi connectivity index (χ0n) is 12.5. The summed E-state index contributed by atoms with van der Waals surface area (Å²) in [5.74, 6) is -0.0244. The smallest absolute Gasteiger partial charge is 0.269 e. The normalized spacial score (nSPS) is 10.6. The second-order valence-electron chi connectivity index (χ2n) is 5.18. The number of nitrogens with one attached hydrogen (secondary N) is 2. The van der Waals surface area contributed by atoms with Crippen molar-refractivity contribution in [2.45, 2.75) is 32.2 Å². The number of non-ortho nitro benzene ring substituents is 1. The average Bonchev–Trinajstić information content (AvgIpc) is 2.38. The Morgan fingerprint density at radius 3 is 2.33 bits per heavy atom. The van der Waals surface area contributed by atoms with Crippen molar-refractivity contribution in [2.24, 2.45) is 0 Å². The van der Waals surface area contributed by atoms with E-state index >= 15 is 0 Å². The van der Waals surface area contributed by atoms with Gasteiger partial charge in [-0.25, -0.2) is 0 Å². The molecule has 0 aliphatic carbocycles. The molecule has 0 unspecified atom stereocenters. The lowest BCUT2D eigenvalue weighted by Crippen LogP contribution is -2.41. The van der Waals surface area contributed by atoms with Gasteiger partial charge in [-0.15, -0.1) is 12.4 Å². The van der Waals surface area contributed by atoms with E-state index in [9.17, 15) is 14.9 Å². The molecule has 21 heavy (non-hydrogen) atoms. The van der Waals surface area contributed by atoms with Crippen molar-refractivity contribution in [3.05, 3.63) is 39.9 Å². The maximum absolute atomic E-state index is 11.8. The van der Waals surface area contributed by atoms with Crippen molar-refractivity contribution in [3.8, 4) is 0 Å². The monoisotopic (exact) mass is 315 g/mol. The van der Waals surface area contributed by atoms with Gasteiger partial charge in [0, 0.05) is 18.6 Å². The molecule has 1 aromatic carbocycles. The van der Waals surface area contributed by atoms with Gasteiger partial charge in [-0.2, -0.15) is 0 Å². The Morgan fingerprint density at radius 1 is 1.29 bits per heavy atom. The molecule has 0 aliphatic heterocycles. The molecule has 1 aromatic rings. The standard InChI is InChI=1S/C14H21N3O3.ClH/c1-14(2,16-13(18)5-4-10-15-3)11-6-8-12(9-7-11)17(19)20;/h6-9,15H,4-5,10H2,1-3H3,(H,16,18);1H. The second-order valence-corrected chi connectivity index (χ2v) is 5.18. The lowest BCUT2D eigenvalue weighted by Gasteiger charge is -2.27. The highest BCUT2D eigenvalue weighted by atomic mass is 35.5. The van der Waals surface area contributed by atoms with E-state index in [0.717, 1.165) is 18.5 Å². The fraction of sp³-hybridized carbons (Fsp3) is 0.500. The Bertz CT molecular complexity index is 475. The van der Waals surface area contributed by atoms with Gasteiger partial charge in [0.2, 0.25) is 5.91 Å². The highest BCUT2D eigenvalue weighted by Gasteiger charge is 2.23. The number of hydrogen-bond acceptors (Lipinski definition) is 4. The van der Waals surface area contributed by atoms with Crippen molar-refractivity contribution in [1.82, 2.24) is 10.6 Å². The first-order valence-electron chi connectivity index (χ1n) is 6.57. The Kier molecular flexibility index (Phi) is 7.91. The molecule has 1 rings (SSSR count). The number of rotatable bonds is 7. The Morgan fingerprint density at radius 2 is 1.86 bits per heavy atom. The van der Waals surface area contributed by atoms with Gasteiger partial charge in [0.05, 0.1) is 10.5 Å². The summed E-state index contributed by atoms with van der Waals surface area (Å²) in [4.78, 5) is 22.0. The predicted molar refractivity (Wildman–Crippen MR) is 84.7 cm³/mol. The predicted octanol–water partition coefficient (Wildman–Crippen LogP) is 2.37. The molecular weight excluding hydrogens is 294 g/mol. The molecule has 0 saturated carbocycles. The van der Waals surface area contributed by atoms with E-state index in [0.29, 0.717) is 6.42 Å². The molecule has 0 bridgehead atoms. The van der Waals surface area contributed by atoms with Crippen molar-refractivity contribution >= 4 is 24.0 Å². The maximum atomic E-state index is 11.8. The molecule has 0 atom stereocenters. The van der Waals surface area contributed by atoms with Crippen molar-refractivity contribution in [3.63, 3.8) is 0 Å². The molecule has 0 fully saturated rings. The van der Waals surface area contributed by atoms with Crippen LogP contribution in [0.5, 0.6) is 0 Å². The van der Waals surface area contributed by atoms with Crippen LogP contribution in [-0.2, 0) is 10.3 Å². The van der Waals surface area contributed by atoms with Gasteiger partial charge in [-0.3, -0.25) is 14.9 Å². The summed E-state index contributed by atoms with van der Waals surface area (Å²) in [6, 6.07) is 6.24. The number of carbonyl (C=O) groups is 1. The van der Waals surface area contributed by atoms with E-state index in [-0.39, 0.29) is 24.0 Å². The average molecular weight is 316 g/mol. The number of hydrogen-bond donors (Lipinski definition) is 2.